The van der Waals surface area contributed by atoms with Crippen LogP contribution < -0.4 is 9.04 Å². The van der Waals surface area contributed by atoms with E-state index in [0.29, 0.717) is 24.3 Å². The zero-order chi connectivity index (χ0) is 13.8. The van der Waals surface area contributed by atoms with Gasteiger partial charge in [-0.1, -0.05) is 6.07 Å². The van der Waals surface area contributed by atoms with Crippen LogP contribution in [0.1, 0.15) is 18.4 Å². The van der Waals surface area contributed by atoms with E-state index in [4.69, 9.17) is 4.74 Å². The number of hydrogen-bond donors (Lipinski definition) is 2. The van der Waals surface area contributed by atoms with Crippen molar-refractivity contribution in [2.45, 2.75) is 24.5 Å². The number of fused-ring (bicyclic) bond motifs is 1. The highest BCUT2D eigenvalue weighted by Gasteiger charge is 2.50. The third kappa shape index (κ3) is 1.80. The summed E-state index contributed by atoms with van der Waals surface area (Å²) in [5.41, 5.74) is 0.625. The minimum absolute atomic E-state index is 0.394. The fraction of sp³-hybridized carbons (Fsp3) is 0.500. The summed E-state index contributed by atoms with van der Waals surface area (Å²) in [6.07, 6.45) is 0.00504. The van der Waals surface area contributed by atoms with E-state index in [-0.39, 0.29) is 0 Å². The second kappa shape index (κ2) is 3.84. The van der Waals surface area contributed by atoms with Crippen LogP contribution in [0, 0.1) is 0 Å². The molecule has 0 saturated heterocycles. The molecule has 0 atom stereocenters. The largest absolute Gasteiger partial charge is 0.474 e. The Hall–Kier alpha value is -1.31. The van der Waals surface area contributed by atoms with Gasteiger partial charge in [-0.25, -0.2) is 8.42 Å². The molecule has 19 heavy (non-hydrogen) atoms. The summed E-state index contributed by atoms with van der Waals surface area (Å²) in [5.74, 6) is 0.0657. The molecule has 1 aliphatic carbocycles. The molecule has 0 unspecified atom stereocenters. The Morgan fingerprint density at radius 3 is 2.63 bits per heavy atom. The predicted octanol–water partition coefficient (Wildman–Crippen LogP) is 0.145. The predicted molar refractivity (Wildman–Crippen MR) is 68.4 cm³/mol. The Morgan fingerprint density at radius 2 is 2.05 bits per heavy atom. The number of benzene rings is 1. The Morgan fingerprint density at radius 1 is 1.37 bits per heavy atom. The number of nitrogens with zero attached hydrogens (tertiary/aromatic N) is 1. The molecule has 1 fully saturated rings. The molecule has 1 aromatic carbocycles. The lowest BCUT2D eigenvalue weighted by atomic mass is 9.95. The lowest BCUT2D eigenvalue weighted by Crippen LogP contribution is -2.35. The second-order valence-electron chi connectivity index (χ2n) is 5.05. The molecule has 0 bridgehead atoms. The number of ether oxygens (including phenoxy) is 1. The van der Waals surface area contributed by atoms with Crippen LogP contribution in [0.25, 0.3) is 0 Å². The van der Waals surface area contributed by atoms with Crippen molar-refractivity contribution in [3.05, 3.63) is 23.8 Å². The number of anilines is 1. The van der Waals surface area contributed by atoms with E-state index >= 15 is 0 Å². The van der Waals surface area contributed by atoms with Crippen molar-refractivity contribution in [2.24, 2.45) is 0 Å². The summed E-state index contributed by atoms with van der Waals surface area (Å²) in [7, 11) is -1.94. The van der Waals surface area contributed by atoms with Gasteiger partial charge in [0.05, 0.1) is 5.69 Å². The van der Waals surface area contributed by atoms with E-state index in [9.17, 15) is 18.6 Å². The minimum Gasteiger partial charge on any atom is -0.474 e. The normalized spacial score (nSPS) is 22.8. The highest BCUT2D eigenvalue weighted by atomic mass is 32.2. The van der Waals surface area contributed by atoms with Gasteiger partial charge in [0.15, 0.2) is 6.29 Å². The molecule has 0 aromatic heterocycles. The first-order chi connectivity index (χ1) is 8.87. The summed E-state index contributed by atoms with van der Waals surface area (Å²) < 4.78 is 29.8. The summed E-state index contributed by atoms with van der Waals surface area (Å²) in [6, 6.07) is 5.07. The van der Waals surface area contributed by atoms with Crippen LogP contribution in [0.5, 0.6) is 5.75 Å². The van der Waals surface area contributed by atoms with Crippen molar-refractivity contribution >= 4 is 15.7 Å². The molecule has 1 saturated carbocycles. The van der Waals surface area contributed by atoms with Crippen LogP contribution in [-0.2, 0) is 15.4 Å². The molecule has 0 spiro atoms. The molecular formula is C12H15NO5S. The van der Waals surface area contributed by atoms with Gasteiger partial charge in [-0.3, -0.25) is 4.31 Å². The molecule has 0 amide bonds. The maximum atomic E-state index is 11.7. The lowest BCUT2D eigenvalue weighted by Gasteiger charge is -2.28. The van der Waals surface area contributed by atoms with E-state index in [0.717, 1.165) is 5.56 Å². The second-order valence-corrected chi connectivity index (χ2v) is 7.00. The highest BCUT2D eigenvalue weighted by molar-refractivity contribution is 7.92. The van der Waals surface area contributed by atoms with E-state index in [1.165, 1.54) is 11.4 Å². The zero-order valence-electron chi connectivity index (χ0n) is 10.4. The van der Waals surface area contributed by atoms with Crippen molar-refractivity contribution in [2.75, 3.05) is 17.3 Å². The van der Waals surface area contributed by atoms with Gasteiger partial charge >= 0.3 is 0 Å². The fourth-order valence-electron chi connectivity index (χ4n) is 2.40. The summed E-state index contributed by atoms with van der Waals surface area (Å²) in [5, 5.41) is 18.9. The number of aliphatic hydroxyl groups is 2. The van der Waals surface area contributed by atoms with Crippen LogP contribution in [0.2, 0.25) is 0 Å². The average molecular weight is 285 g/mol. The number of hydrogen-bond acceptors (Lipinski definition) is 5. The smallest absolute Gasteiger partial charge is 0.270 e. The van der Waals surface area contributed by atoms with Gasteiger partial charge in [0.2, 0.25) is 5.94 Å². The van der Waals surface area contributed by atoms with E-state index in [1.54, 1.807) is 18.2 Å². The van der Waals surface area contributed by atoms with Crippen LogP contribution in [-0.4, -0.2) is 37.9 Å². The van der Waals surface area contributed by atoms with E-state index in [2.05, 4.69) is 0 Å². The first kappa shape index (κ1) is 12.7. The van der Waals surface area contributed by atoms with Crippen LogP contribution in [0.15, 0.2) is 18.2 Å². The Bertz CT molecular complexity index is 621. The van der Waals surface area contributed by atoms with E-state index in [1.807, 2.05) is 0 Å². The first-order valence-corrected chi connectivity index (χ1v) is 7.58. The molecule has 6 nitrogen and oxygen atoms in total. The van der Waals surface area contributed by atoms with Crippen molar-refractivity contribution in [1.29, 1.82) is 0 Å². The zero-order valence-corrected chi connectivity index (χ0v) is 11.2. The minimum atomic E-state index is -3.41. The molecule has 2 aliphatic rings. The fourth-order valence-corrected chi connectivity index (χ4v) is 3.28. The lowest BCUT2D eigenvalue weighted by molar-refractivity contribution is -0.0694. The van der Waals surface area contributed by atoms with Gasteiger partial charge in [0, 0.05) is 12.5 Å². The molecule has 2 N–H and O–H groups in total. The SMILES string of the molecule is CN1c2ccc(C3(C(O)O)CC3)cc2OCS1(=O)=O. The van der Waals surface area contributed by atoms with Crippen LogP contribution in [0.3, 0.4) is 0 Å². The molecule has 1 heterocycles. The maximum absolute atomic E-state index is 11.7. The third-order valence-electron chi connectivity index (χ3n) is 3.94. The number of rotatable bonds is 2. The Kier molecular flexibility index (Phi) is 2.57. The number of aliphatic hydroxyl groups excluding tert-OH is 1. The monoisotopic (exact) mass is 285 g/mol. The van der Waals surface area contributed by atoms with Crippen LogP contribution in [0.4, 0.5) is 5.69 Å². The van der Waals surface area contributed by atoms with Crippen molar-refractivity contribution in [3.8, 4) is 5.75 Å². The summed E-state index contributed by atoms with van der Waals surface area (Å²) >= 11 is 0. The van der Waals surface area contributed by atoms with Crippen molar-refractivity contribution in [1.82, 2.24) is 0 Å². The summed E-state index contributed by atoms with van der Waals surface area (Å²) in [6.45, 7) is 0. The van der Waals surface area contributed by atoms with Crippen molar-refractivity contribution < 1.29 is 23.4 Å². The molecule has 104 valence electrons. The third-order valence-corrected chi connectivity index (χ3v) is 5.38. The van der Waals surface area contributed by atoms with Crippen molar-refractivity contribution in [3.63, 3.8) is 0 Å². The molecule has 0 radical (unpaired) electrons. The molecule has 1 aliphatic heterocycles. The molecule has 3 rings (SSSR count). The van der Waals surface area contributed by atoms with Gasteiger partial charge in [0.1, 0.15) is 5.75 Å². The highest BCUT2D eigenvalue weighted by Crippen LogP contribution is 2.52. The van der Waals surface area contributed by atoms with Gasteiger partial charge in [-0.05, 0) is 30.5 Å². The summed E-state index contributed by atoms with van der Waals surface area (Å²) in [4.78, 5) is 0. The molecule has 1 aromatic rings. The quantitative estimate of drug-likeness (QED) is 0.755. The average Bonchev–Trinajstić information content (AvgIpc) is 3.15. The number of sulfonamides is 1. The van der Waals surface area contributed by atoms with E-state index < -0.39 is 27.7 Å². The maximum Gasteiger partial charge on any atom is 0.270 e. The van der Waals surface area contributed by atoms with Gasteiger partial charge in [-0.2, -0.15) is 0 Å². The van der Waals surface area contributed by atoms with Crippen LogP contribution >= 0.6 is 0 Å². The Labute approximate surface area is 111 Å². The Balaban J connectivity index is 2.03. The van der Waals surface area contributed by atoms with Gasteiger partial charge in [0.25, 0.3) is 10.0 Å². The van der Waals surface area contributed by atoms with Gasteiger partial charge in [-0.15, -0.1) is 0 Å². The topological polar surface area (TPSA) is 87.1 Å². The molecular weight excluding hydrogens is 270 g/mol. The molecule has 7 heteroatoms. The van der Waals surface area contributed by atoms with Gasteiger partial charge < -0.3 is 14.9 Å². The first-order valence-electron chi connectivity index (χ1n) is 5.97. The standard InChI is InChI=1S/C12H15NO5S/c1-13-9-3-2-8(12(4-5-12)11(14)15)6-10(9)18-7-19(13,16)17/h2-3,6,11,14-15H,4-5,7H2,1H3.